The van der Waals surface area contributed by atoms with Gasteiger partial charge in [-0.1, -0.05) is 30.3 Å². The third-order valence-corrected chi connectivity index (χ3v) is 5.94. The van der Waals surface area contributed by atoms with E-state index < -0.39 is 0 Å². The van der Waals surface area contributed by atoms with Crippen LogP contribution in [0.4, 0.5) is 5.69 Å². The predicted molar refractivity (Wildman–Crippen MR) is 115 cm³/mol. The number of carbonyl (C=O) groups excluding carboxylic acids is 2. The van der Waals surface area contributed by atoms with Gasteiger partial charge in [0.2, 0.25) is 0 Å². The standard InChI is InChI=1S/C24H26N2O4/c1-29-21-14-26(18-9-10-19-17(13-18)8-11-20(19)25)24(28)23(21)16-6-3-15(4-7-16)5-12-22(27)30-2/h3-4,6-7,9-10,13,20H,5,8,11-12,14,25H2,1-2H3. The second-order valence-corrected chi connectivity index (χ2v) is 7.69. The first-order valence-electron chi connectivity index (χ1n) is 10.2. The van der Waals surface area contributed by atoms with Crippen molar-refractivity contribution < 1.29 is 19.1 Å². The van der Waals surface area contributed by atoms with Crippen LogP contribution < -0.4 is 10.6 Å². The summed E-state index contributed by atoms with van der Waals surface area (Å²) in [6.07, 6.45) is 2.82. The molecule has 2 aromatic rings. The molecule has 0 fully saturated rings. The van der Waals surface area contributed by atoms with Crippen molar-refractivity contribution in [1.29, 1.82) is 0 Å². The van der Waals surface area contributed by atoms with Gasteiger partial charge in [-0.05, 0) is 53.6 Å². The molecule has 1 aliphatic carbocycles. The lowest BCUT2D eigenvalue weighted by Crippen LogP contribution is -2.26. The zero-order chi connectivity index (χ0) is 21.3. The summed E-state index contributed by atoms with van der Waals surface area (Å²) >= 11 is 0. The molecule has 2 N–H and O–H groups in total. The summed E-state index contributed by atoms with van der Waals surface area (Å²) in [5.74, 6) is 0.344. The van der Waals surface area contributed by atoms with Crippen LogP contribution in [0.1, 0.15) is 41.1 Å². The molecular weight excluding hydrogens is 380 g/mol. The predicted octanol–water partition coefficient (Wildman–Crippen LogP) is 3.14. The minimum atomic E-state index is -0.236. The van der Waals surface area contributed by atoms with E-state index in [1.165, 1.54) is 18.2 Å². The Kier molecular flexibility index (Phi) is 5.59. The first kappa shape index (κ1) is 20.2. The smallest absolute Gasteiger partial charge is 0.305 e. The first-order valence-corrected chi connectivity index (χ1v) is 10.2. The number of ether oxygens (including phenoxy) is 2. The molecule has 1 unspecified atom stereocenters. The van der Waals surface area contributed by atoms with Crippen LogP contribution in [0.25, 0.3) is 5.57 Å². The molecule has 6 nitrogen and oxygen atoms in total. The van der Waals surface area contributed by atoms with Gasteiger partial charge in [-0.15, -0.1) is 0 Å². The van der Waals surface area contributed by atoms with Crippen LogP contribution in [0.3, 0.4) is 0 Å². The van der Waals surface area contributed by atoms with E-state index in [-0.39, 0.29) is 17.9 Å². The fourth-order valence-corrected chi connectivity index (χ4v) is 4.20. The van der Waals surface area contributed by atoms with Gasteiger partial charge >= 0.3 is 5.97 Å². The number of amides is 1. The SMILES string of the molecule is COC(=O)CCc1ccc(C2=C(OC)CN(c3ccc4c(c3)CCC4N)C2=O)cc1. The van der Waals surface area contributed by atoms with E-state index in [2.05, 4.69) is 10.8 Å². The average Bonchev–Trinajstić information content (AvgIpc) is 3.31. The molecule has 1 heterocycles. The molecule has 0 bridgehead atoms. The van der Waals surface area contributed by atoms with Crippen LogP contribution in [0.15, 0.2) is 48.2 Å². The Labute approximate surface area is 176 Å². The van der Waals surface area contributed by atoms with Gasteiger partial charge < -0.3 is 20.1 Å². The number of nitrogens with two attached hydrogens (primary N) is 1. The Bertz CT molecular complexity index is 1010. The molecule has 4 rings (SSSR count). The van der Waals surface area contributed by atoms with Crippen LogP contribution in [0.5, 0.6) is 0 Å². The normalized spacial score (nSPS) is 18.0. The van der Waals surface area contributed by atoms with Crippen molar-refractivity contribution in [2.24, 2.45) is 5.73 Å². The first-order chi connectivity index (χ1) is 14.5. The van der Waals surface area contributed by atoms with Gasteiger partial charge in [0.25, 0.3) is 5.91 Å². The molecule has 0 spiro atoms. The van der Waals surface area contributed by atoms with Crippen molar-refractivity contribution in [2.45, 2.75) is 31.7 Å². The van der Waals surface area contributed by atoms with Gasteiger partial charge in [0.05, 0.1) is 26.3 Å². The lowest BCUT2D eigenvalue weighted by atomic mass is 10.0. The maximum absolute atomic E-state index is 13.3. The van der Waals surface area contributed by atoms with E-state index in [1.54, 1.807) is 12.0 Å². The molecule has 1 aliphatic heterocycles. The third-order valence-electron chi connectivity index (χ3n) is 5.94. The molecule has 2 aromatic carbocycles. The summed E-state index contributed by atoms with van der Waals surface area (Å²) < 4.78 is 10.3. The number of hydrogen-bond donors (Lipinski definition) is 1. The van der Waals surface area contributed by atoms with E-state index in [4.69, 9.17) is 10.5 Å². The lowest BCUT2D eigenvalue weighted by Gasteiger charge is -2.18. The number of fused-ring (bicyclic) bond motifs is 1. The molecule has 6 heteroatoms. The van der Waals surface area contributed by atoms with Gasteiger partial charge in [-0.3, -0.25) is 9.59 Å². The largest absolute Gasteiger partial charge is 0.498 e. The zero-order valence-electron chi connectivity index (χ0n) is 17.3. The highest BCUT2D eigenvalue weighted by atomic mass is 16.5. The van der Waals surface area contributed by atoms with Crippen molar-refractivity contribution in [1.82, 2.24) is 0 Å². The van der Waals surface area contributed by atoms with Gasteiger partial charge in [0.1, 0.15) is 5.76 Å². The van der Waals surface area contributed by atoms with Crippen molar-refractivity contribution in [3.63, 3.8) is 0 Å². The van der Waals surface area contributed by atoms with Crippen LogP contribution in [0, 0.1) is 0 Å². The Balaban J connectivity index is 1.55. The molecule has 0 saturated heterocycles. The molecule has 2 aliphatic rings. The van der Waals surface area contributed by atoms with Gasteiger partial charge in [-0.25, -0.2) is 0 Å². The van der Waals surface area contributed by atoms with E-state index in [1.807, 2.05) is 36.4 Å². The van der Waals surface area contributed by atoms with E-state index >= 15 is 0 Å². The van der Waals surface area contributed by atoms with Gasteiger partial charge in [0.15, 0.2) is 0 Å². The molecule has 0 radical (unpaired) electrons. The Morgan fingerprint density at radius 2 is 1.93 bits per heavy atom. The number of esters is 1. The molecule has 0 aromatic heterocycles. The van der Waals surface area contributed by atoms with Crippen molar-refractivity contribution in [2.75, 3.05) is 25.7 Å². The number of rotatable bonds is 6. The van der Waals surface area contributed by atoms with Crippen LogP contribution >= 0.6 is 0 Å². The highest BCUT2D eigenvalue weighted by Gasteiger charge is 2.34. The molecule has 156 valence electrons. The second kappa shape index (κ2) is 8.32. The Morgan fingerprint density at radius 3 is 2.63 bits per heavy atom. The Hall–Kier alpha value is -3.12. The van der Waals surface area contributed by atoms with Crippen molar-refractivity contribution >= 4 is 23.1 Å². The molecule has 1 amide bonds. The Morgan fingerprint density at radius 1 is 1.17 bits per heavy atom. The maximum atomic E-state index is 13.3. The van der Waals surface area contributed by atoms with Crippen LogP contribution in [0.2, 0.25) is 0 Å². The maximum Gasteiger partial charge on any atom is 0.305 e. The number of nitrogens with zero attached hydrogens (tertiary/aromatic N) is 1. The summed E-state index contributed by atoms with van der Waals surface area (Å²) in [6.45, 7) is 0.402. The quantitative estimate of drug-likeness (QED) is 0.746. The van der Waals surface area contributed by atoms with Crippen LogP contribution in [-0.2, 0) is 31.9 Å². The number of anilines is 1. The highest BCUT2D eigenvalue weighted by Crippen LogP contribution is 2.36. The third kappa shape index (κ3) is 3.71. The lowest BCUT2D eigenvalue weighted by molar-refractivity contribution is -0.140. The molecular formula is C24H26N2O4. The fourth-order valence-electron chi connectivity index (χ4n) is 4.20. The topological polar surface area (TPSA) is 81.9 Å². The number of methoxy groups -OCH3 is 2. The summed E-state index contributed by atoms with van der Waals surface area (Å²) in [5.41, 5.74) is 11.8. The number of hydrogen-bond acceptors (Lipinski definition) is 5. The minimum absolute atomic E-state index is 0.0728. The van der Waals surface area contributed by atoms with Gasteiger partial charge in [-0.2, -0.15) is 0 Å². The summed E-state index contributed by atoms with van der Waals surface area (Å²) in [4.78, 5) is 26.4. The monoisotopic (exact) mass is 406 g/mol. The zero-order valence-corrected chi connectivity index (χ0v) is 17.3. The van der Waals surface area contributed by atoms with Gasteiger partial charge in [0, 0.05) is 18.2 Å². The average molecular weight is 406 g/mol. The van der Waals surface area contributed by atoms with Crippen LogP contribution in [-0.4, -0.2) is 32.6 Å². The van der Waals surface area contributed by atoms with E-state index in [0.29, 0.717) is 30.7 Å². The summed E-state index contributed by atoms with van der Waals surface area (Å²) in [5, 5.41) is 0. The fraction of sp³-hybridized carbons (Fsp3) is 0.333. The summed E-state index contributed by atoms with van der Waals surface area (Å²) in [6, 6.07) is 13.9. The van der Waals surface area contributed by atoms with E-state index in [9.17, 15) is 9.59 Å². The molecule has 30 heavy (non-hydrogen) atoms. The summed E-state index contributed by atoms with van der Waals surface area (Å²) in [7, 11) is 2.98. The highest BCUT2D eigenvalue weighted by molar-refractivity contribution is 6.29. The molecule has 0 saturated carbocycles. The second-order valence-electron chi connectivity index (χ2n) is 7.69. The van der Waals surface area contributed by atoms with E-state index in [0.717, 1.165) is 29.7 Å². The number of carbonyl (C=O) groups is 2. The van der Waals surface area contributed by atoms with Crippen molar-refractivity contribution in [3.8, 4) is 0 Å². The molecule has 1 atom stereocenters. The van der Waals surface area contributed by atoms with Crippen molar-refractivity contribution in [3.05, 3.63) is 70.5 Å². The number of benzene rings is 2. The number of aryl methyl sites for hydroxylation is 2. The minimum Gasteiger partial charge on any atom is -0.498 e.